The van der Waals surface area contributed by atoms with E-state index in [1.54, 1.807) is 0 Å². The Bertz CT molecular complexity index is 299. The maximum absolute atomic E-state index is 12.9. The fourth-order valence-electron chi connectivity index (χ4n) is 1.95. The second-order valence-electron chi connectivity index (χ2n) is 3.75. The molecule has 0 amide bonds. The number of hydrogen-bond acceptors (Lipinski definition) is 1. The van der Waals surface area contributed by atoms with Crippen molar-refractivity contribution in [1.82, 2.24) is 5.32 Å². The Morgan fingerprint density at radius 2 is 1.86 bits per heavy atom. The Morgan fingerprint density at radius 3 is 2.43 bits per heavy atom. The molecule has 1 aromatic rings. The van der Waals surface area contributed by atoms with Crippen LogP contribution in [0.25, 0.3) is 0 Å². The molecule has 1 nitrogen and oxygen atoms in total. The second kappa shape index (κ2) is 4.05. The van der Waals surface area contributed by atoms with Gasteiger partial charge in [-0.2, -0.15) is 0 Å². The lowest BCUT2D eigenvalue weighted by molar-refractivity contribution is 0.457. The average Bonchev–Trinajstić information content (AvgIpc) is 2.18. The molecule has 1 atom stereocenters. The number of halogens is 2. The largest absolute Gasteiger partial charge is 0.316 e. The van der Waals surface area contributed by atoms with Crippen LogP contribution in [0.4, 0.5) is 8.78 Å². The SMILES string of the molecule is Fc1cc(F)cc([C@H]2CCCNC2)c1. The van der Waals surface area contributed by atoms with Crippen LogP contribution in [-0.2, 0) is 0 Å². The molecule has 76 valence electrons. The molecular formula is C11H13F2N. The highest BCUT2D eigenvalue weighted by Gasteiger charge is 2.16. The second-order valence-corrected chi connectivity index (χ2v) is 3.75. The van der Waals surface area contributed by atoms with Crippen molar-refractivity contribution >= 4 is 0 Å². The lowest BCUT2D eigenvalue weighted by Crippen LogP contribution is -2.28. The summed E-state index contributed by atoms with van der Waals surface area (Å²) in [5, 5.41) is 3.23. The monoisotopic (exact) mass is 197 g/mol. The molecule has 2 rings (SSSR count). The van der Waals surface area contributed by atoms with E-state index in [4.69, 9.17) is 0 Å². The average molecular weight is 197 g/mol. The summed E-state index contributed by atoms with van der Waals surface area (Å²) in [5.74, 6) is -0.704. The fraction of sp³-hybridized carbons (Fsp3) is 0.455. The molecule has 14 heavy (non-hydrogen) atoms. The number of rotatable bonds is 1. The standard InChI is InChI=1S/C11H13F2N/c12-10-4-9(5-11(13)6-10)8-2-1-3-14-7-8/h4-6,8,14H,1-3,7H2/t8-/m0/s1. The summed E-state index contributed by atoms with van der Waals surface area (Å²) in [6, 6.07) is 3.78. The molecular weight excluding hydrogens is 184 g/mol. The number of hydrogen-bond donors (Lipinski definition) is 1. The molecule has 1 aliphatic rings. The van der Waals surface area contributed by atoms with Crippen molar-refractivity contribution in [2.45, 2.75) is 18.8 Å². The highest BCUT2D eigenvalue weighted by molar-refractivity contribution is 5.22. The molecule has 0 bridgehead atoms. The van der Waals surface area contributed by atoms with Crippen LogP contribution in [0.5, 0.6) is 0 Å². The minimum Gasteiger partial charge on any atom is -0.316 e. The maximum Gasteiger partial charge on any atom is 0.126 e. The topological polar surface area (TPSA) is 12.0 Å². The van der Waals surface area contributed by atoms with Crippen molar-refractivity contribution in [1.29, 1.82) is 0 Å². The van der Waals surface area contributed by atoms with Crippen LogP contribution in [-0.4, -0.2) is 13.1 Å². The van der Waals surface area contributed by atoms with Crippen molar-refractivity contribution in [2.75, 3.05) is 13.1 Å². The van der Waals surface area contributed by atoms with Crippen LogP contribution in [0.1, 0.15) is 24.3 Å². The van der Waals surface area contributed by atoms with Gasteiger partial charge < -0.3 is 5.32 Å². The van der Waals surface area contributed by atoms with Crippen molar-refractivity contribution in [3.63, 3.8) is 0 Å². The number of benzene rings is 1. The van der Waals surface area contributed by atoms with E-state index in [1.165, 1.54) is 12.1 Å². The van der Waals surface area contributed by atoms with E-state index in [2.05, 4.69) is 5.32 Å². The van der Waals surface area contributed by atoms with E-state index in [9.17, 15) is 8.78 Å². The molecule has 0 spiro atoms. The van der Waals surface area contributed by atoms with E-state index < -0.39 is 11.6 Å². The third kappa shape index (κ3) is 2.10. The lowest BCUT2D eigenvalue weighted by Gasteiger charge is -2.23. The highest BCUT2D eigenvalue weighted by Crippen LogP contribution is 2.24. The van der Waals surface area contributed by atoms with E-state index in [0.29, 0.717) is 0 Å². The molecule has 0 radical (unpaired) electrons. The summed E-state index contributed by atoms with van der Waals surface area (Å²) in [4.78, 5) is 0. The van der Waals surface area contributed by atoms with Gasteiger partial charge in [0.2, 0.25) is 0 Å². The first kappa shape index (κ1) is 9.59. The van der Waals surface area contributed by atoms with Crippen LogP contribution < -0.4 is 5.32 Å². The van der Waals surface area contributed by atoms with Gasteiger partial charge >= 0.3 is 0 Å². The third-order valence-electron chi connectivity index (χ3n) is 2.65. The van der Waals surface area contributed by atoms with E-state index in [0.717, 1.165) is 37.6 Å². The molecule has 0 saturated carbocycles. The van der Waals surface area contributed by atoms with Gasteiger partial charge in [0.1, 0.15) is 11.6 Å². The molecule has 0 unspecified atom stereocenters. The summed E-state index contributed by atoms with van der Waals surface area (Å²) in [5.41, 5.74) is 0.773. The summed E-state index contributed by atoms with van der Waals surface area (Å²) < 4.78 is 25.8. The zero-order chi connectivity index (χ0) is 9.97. The van der Waals surface area contributed by atoms with E-state index in [1.807, 2.05) is 0 Å². The van der Waals surface area contributed by atoms with Crippen molar-refractivity contribution in [3.8, 4) is 0 Å². The summed E-state index contributed by atoms with van der Waals surface area (Å²) >= 11 is 0. The summed E-state index contributed by atoms with van der Waals surface area (Å²) in [6.07, 6.45) is 2.08. The third-order valence-corrected chi connectivity index (χ3v) is 2.65. The van der Waals surface area contributed by atoms with Crippen molar-refractivity contribution < 1.29 is 8.78 Å². The van der Waals surface area contributed by atoms with Gasteiger partial charge in [0.25, 0.3) is 0 Å². The van der Waals surface area contributed by atoms with Crippen LogP contribution >= 0.6 is 0 Å². The Labute approximate surface area is 82.1 Å². The lowest BCUT2D eigenvalue weighted by atomic mass is 9.91. The zero-order valence-electron chi connectivity index (χ0n) is 7.89. The van der Waals surface area contributed by atoms with Gasteiger partial charge in [0.05, 0.1) is 0 Å². The normalized spacial score (nSPS) is 22.3. The minimum absolute atomic E-state index is 0.258. The smallest absolute Gasteiger partial charge is 0.126 e. The predicted octanol–water partition coefficient (Wildman–Crippen LogP) is 2.43. The molecule has 1 saturated heterocycles. The molecule has 1 fully saturated rings. The zero-order valence-corrected chi connectivity index (χ0v) is 7.89. The number of nitrogens with one attached hydrogen (secondary N) is 1. The van der Waals surface area contributed by atoms with Crippen LogP contribution in [0, 0.1) is 11.6 Å². The van der Waals surface area contributed by atoms with E-state index in [-0.39, 0.29) is 5.92 Å². The number of piperidine rings is 1. The summed E-state index contributed by atoms with van der Waals surface area (Å²) in [7, 11) is 0. The molecule has 3 heteroatoms. The molecule has 1 N–H and O–H groups in total. The first-order chi connectivity index (χ1) is 6.75. The van der Waals surface area contributed by atoms with Gasteiger partial charge in [0.15, 0.2) is 0 Å². The van der Waals surface area contributed by atoms with Crippen molar-refractivity contribution in [2.24, 2.45) is 0 Å². The highest BCUT2D eigenvalue weighted by atomic mass is 19.1. The van der Waals surface area contributed by atoms with Gasteiger partial charge in [-0.05, 0) is 43.0 Å². The quantitative estimate of drug-likeness (QED) is 0.729. The predicted molar refractivity (Wildman–Crippen MR) is 51.2 cm³/mol. The first-order valence-electron chi connectivity index (χ1n) is 4.92. The van der Waals surface area contributed by atoms with Gasteiger partial charge in [0, 0.05) is 12.6 Å². The van der Waals surface area contributed by atoms with Gasteiger partial charge in [-0.25, -0.2) is 8.78 Å². The van der Waals surface area contributed by atoms with Crippen LogP contribution in [0.3, 0.4) is 0 Å². The Hall–Kier alpha value is -0.960. The minimum atomic E-state index is -0.481. The summed E-state index contributed by atoms with van der Waals surface area (Å²) in [6.45, 7) is 1.83. The van der Waals surface area contributed by atoms with Gasteiger partial charge in [-0.15, -0.1) is 0 Å². The Morgan fingerprint density at radius 1 is 1.14 bits per heavy atom. The van der Waals surface area contributed by atoms with Gasteiger partial charge in [-0.3, -0.25) is 0 Å². The van der Waals surface area contributed by atoms with Crippen molar-refractivity contribution in [3.05, 3.63) is 35.4 Å². The van der Waals surface area contributed by atoms with Gasteiger partial charge in [-0.1, -0.05) is 0 Å². The first-order valence-corrected chi connectivity index (χ1v) is 4.92. The van der Waals surface area contributed by atoms with Crippen LogP contribution in [0.2, 0.25) is 0 Å². The fourth-order valence-corrected chi connectivity index (χ4v) is 1.95. The molecule has 1 aromatic carbocycles. The Balaban J connectivity index is 2.21. The molecule has 1 heterocycles. The maximum atomic E-state index is 12.9. The van der Waals surface area contributed by atoms with E-state index >= 15 is 0 Å². The Kier molecular flexibility index (Phi) is 2.77. The molecule has 1 aliphatic heterocycles. The molecule has 0 aliphatic carbocycles. The van der Waals surface area contributed by atoms with Crippen LogP contribution in [0.15, 0.2) is 18.2 Å². The molecule has 0 aromatic heterocycles.